The van der Waals surface area contributed by atoms with Gasteiger partial charge in [0.05, 0.1) is 5.92 Å². The number of aryl methyl sites for hydroxylation is 1. The van der Waals surface area contributed by atoms with E-state index in [2.05, 4.69) is 0 Å². The highest BCUT2D eigenvalue weighted by atomic mass is 16.4. The maximum atomic E-state index is 12.0. The van der Waals surface area contributed by atoms with Crippen molar-refractivity contribution in [2.45, 2.75) is 19.4 Å². The third kappa shape index (κ3) is 2.86. The van der Waals surface area contributed by atoms with Gasteiger partial charge in [-0.25, -0.2) is 4.79 Å². The summed E-state index contributed by atoms with van der Waals surface area (Å²) in [7, 11) is 1.63. The molecule has 1 fully saturated rings. The molecule has 0 aliphatic carbocycles. The topological polar surface area (TPSA) is 84.5 Å². The summed E-state index contributed by atoms with van der Waals surface area (Å²) in [5.74, 6) is -1.30. The number of nitrogens with zero attached hydrogens (tertiary/aromatic N) is 3. The first-order chi connectivity index (χ1) is 8.99. The normalized spacial score (nSPS) is 16.6. The van der Waals surface area contributed by atoms with Crippen molar-refractivity contribution in [3.63, 3.8) is 0 Å². The summed E-state index contributed by atoms with van der Waals surface area (Å²) in [4.78, 5) is 36.1. The molecule has 1 N–H and O–H groups in total. The number of carbonyl (C=O) groups is 2. The lowest BCUT2D eigenvalue weighted by Gasteiger charge is -2.30. The van der Waals surface area contributed by atoms with E-state index in [4.69, 9.17) is 5.11 Å². The number of carbonyl (C=O) groups excluding carboxylic acids is 1. The van der Waals surface area contributed by atoms with Crippen LogP contribution in [0, 0.1) is 5.92 Å². The Bertz CT molecular complexity index is 537. The molecule has 1 aliphatic heterocycles. The van der Waals surface area contributed by atoms with Crippen LogP contribution in [0.3, 0.4) is 0 Å². The molecule has 19 heavy (non-hydrogen) atoms. The van der Waals surface area contributed by atoms with Crippen molar-refractivity contribution in [2.24, 2.45) is 13.0 Å². The average molecular weight is 267 g/mol. The van der Waals surface area contributed by atoms with Crippen molar-refractivity contribution in [3.05, 3.63) is 22.9 Å². The summed E-state index contributed by atoms with van der Waals surface area (Å²) >= 11 is 0. The van der Waals surface area contributed by atoms with Crippen LogP contribution in [0.5, 0.6) is 0 Å². The predicted molar refractivity (Wildman–Crippen MR) is 66.6 cm³/mol. The van der Waals surface area contributed by atoms with E-state index in [1.165, 1.54) is 9.13 Å². The summed E-state index contributed by atoms with van der Waals surface area (Å²) in [5, 5.41) is 8.89. The van der Waals surface area contributed by atoms with Crippen LogP contribution in [-0.2, 0) is 23.2 Å². The van der Waals surface area contributed by atoms with Gasteiger partial charge in [-0.3, -0.25) is 14.2 Å². The average Bonchev–Trinajstić information content (AvgIpc) is 2.71. The van der Waals surface area contributed by atoms with Crippen molar-refractivity contribution in [1.82, 2.24) is 14.0 Å². The summed E-state index contributed by atoms with van der Waals surface area (Å²) in [6.07, 6.45) is 4.13. The number of piperidine rings is 1. The summed E-state index contributed by atoms with van der Waals surface area (Å²) < 4.78 is 2.76. The van der Waals surface area contributed by atoms with E-state index in [1.54, 1.807) is 24.3 Å². The number of carboxylic acids is 1. The molecule has 2 rings (SSSR count). The number of carboxylic acid groups (broad SMARTS) is 1. The van der Waals surface area contributed by atoms with Gasteiger partial charge in [0.25, 0.3) is 0 Å². The Labute approximate surface area is 110 Å². The summed E-state index contributed by atoms with van der Waals surface area (Å²) in [6.45, 7) is 0.895. The highest BCUT2D eigenvalue weighted by molar-refractivity contribution is 5.76. The monoisotopic (exact) mass is 267 g/mol. The van der Waals surface area contributed by atoms with Gasteiger partial charge in [0, 0.05) is 32.5 Å². The largest absolute Gasteiger partial charge is 0.481 e. The van der Waals surface area contributed by atoms with Crippen molar-refractivity contribution >= 4 is 11.9 Å². The van der Waals surface area contributed by atoms with Gasteiger partial charge in [-0.1, -0.05) is 0 Å². The molecule has 7 nitrogen and oxygen atoms in total. The van der Waals surface area contributed by atoms with Crippen molar-refractivity contribution in [2.75, 3.05) is 13.1 Å². The molecule has 0 spiro atoms. The van der Waals surface area contributed by atoms with E-state index in [-0.39, 0.29) is 24.1 Å². The number of hydrogen-bond donors (Lipinski definition) is 1. The first kappa shape index (κ1) is 13.4. The minimum absolute atomic E-state index is 0.0113. The quantitative estimate of drug-likeness (QED) is 0.801. The molecule has 104 valence electrons. The van der Waals surface area contributed by atoms with E-state index in [0.29, 0.717) is 25.9 Å². The molecule has 0 aromatic carbocycles. The van der Waals surface area contributed by atoms with Gasteiger partial charge >= 0.3 is 11.7 Å². The predicted octanol–water partition coefficient (Wildman–Crippen LogP) is -0.490. The fourth-order valence-corrected chi connectivity index (χ4v) is 2.25. The smallest absolute Gasteiger partial charge is 0.328 e. The SMILES string of the molecule is Cn1ccn(CC(=O)N2CCC(C(=O)O)CC2)c1=O. The van der Waals surface area contributed by atoms with Crippen LogP contribution in [0.2, 0.25) is 0 Å². The van der Waals surface area contributed by atoms with Crippen LogP contribution in [0.15, 0.2) is 17.2 Å². The zero-order valence-electron chi connectivity index (χ0n) is 10.8. The lowest BCUT2D eigenvalue weighted by molar-refractivity contribution is -0.145. The standard InChI is InChI=1S/C12H17N3O4/c1-13-6-7-15(12(13)19)8-10(16)14-4-2-9(3-5-14)11(17)18/h6-7,9H,2-5,8H2,1H3,(H,17,18). The molecule has 7 heteroatoms. The molecule has 1 aromatic heterocycles. The van der Waals surface area contributed by atoms with Crippen LogP contribution in [0.1, 0.15) is 12.8 Å². The first-order valence-electron chi connectivity index (χ1n) is 6.21. The fraction of sp³-hybridized carbons (Fsp3) is 0.583. The lowest BCUT2D eigenvalue weighted by atomic mass is 9.97. The maximum absolute atomic E-state index is 12.0. The fourth-order valence-electron chi connectivity index (χ4n) is 2.25. The van der Waals surface area contributed by atoms with Crippen molar-refractivity contribution in [3.8, 4) is 0 Å². The molecule has 1 saturated heterocycles. The molecule has 1 amide bonds. The Morgan fingerprint density at radius 2 is 1.95 bits per heavy atom. The van der Waals surface area contributed by atoms with Crippen LogP contribution >= 0.6 is 0 Å². The van der Waals surface area contributed by atoms with Crippen LogP contribution < -0.4 is 5.69 Å². The molecular weight excluding hydrogens is 250 g/mol. The number of amides is 1. The van der Waals surface area contributed by atoms with Gasteiger partial charge in [0.15, 0.2) is 0 Å². The second-order valence-corrected chi connectivity index (χ2v) is 4.81. The third-order valence-corrected chi connectivity index (χ3v) is 3.52. The van der Waals surface area contributed by atoms with Crippen LogP contribution in [0.4, 0.5) is 0 Å². The van der Waals surface area contributed by atoms with E-state index < -0.39 is 5.97 Å². The Morgan fingerprint density at radius 3 is 2.42 bits per heavy atom. The first-order valence-corrected chi connectivity index (χ1v) is 6.21. The van der Waals surface area contributed by atoms with E-state index >= 15 is 0 Å². The number of aromatic nitrogens is 2. The molecule has 0 bridgehead atoms. The van der Waals surface area contributed by atoms with E-state index in [1.807, 2.05) is 0 Å². The molecule has 2 heterocycles. The van der Waals surface area contributed by atoms with Gasteiger partial charge in [-0.15, -0.1) is 0 Å². The summed E-state index contributed by atoms with van der Waals surface area (Å²) in [6, 6.07) is 0. The van der Waals surface area contributed by atoms with Crippen LogP contribution in [-0.4, -0.2) is 44.1 Å². The van der Waals surface area contributed by atoms with Gasteiger partial charge in [0.1, 0.15) is 6.54 Å². The maximum Gasteiger partial charge on any atom is 0.328 e. The highest BCUT2D eigenvalue weighted by Crippen LogP contribution is 2.17. The third-order valence-electron chi connectivity index (χ3n) is 3.52. The molecule has 0 unspecified atom stereocenters. The molecule has 0 radical (unpaired) electrons. The van der Waals surface area contributed by atoms with E-state index in [9.17, 15) is 14.4 Å². The van der Waals surface area contributed by atoms with Crippen LogP contribution in [0.25, 0.3) is 0 Å². The zero-order valence-corrected chi connectivity index (χ0v) is 10.8. The lowest BCUT2D eigenvalue weighted by Crippen LogP contribution is -2.42. The number of likely N-dealkylation sites (tertiary alicyclic amines) is 1. The second-order valence-electron chi connectivity index (χ2n) is 4.81. The Hall–Kier alpha value is -2.05. The minimum atomic E-state index is -0.800. The van der Waals surface area contributed by atoms with E-state index in [0.717, 1.165) is 0 Å². The molecule has 0 saturated carbocycles. The Balaban J connectivity index is 1.93. The molecule has 1 aromatic rings. The summed E-state index contributed by atoms with van der Waals surface area (Å²) in [5.41, 5.74) is -0.228. The zero-order chi connectivity index (χ0) is 14.0. The van der Waals surface area contributed by atoms with Gasteiger partial charge < -0.3 is 14.6 Å². The Morgan fingerprint density at radius 1 is 1.32 bits per heavy atom. The minimum Gasteiger partial charge on any atom is -0.481 e. The number of hydrogen-bond acceptors (Lipinski definition) is 3. The molecule has 1 aliphatic rings. The Kier molecular flexibility index (Phi) is 3.73. The molecular formula is C12H17N3O4. The van der Waals surface area contributed by atoms with Gasteiger partial charge in [-0.2, -0.15) is 0 Å². The number of imidazole rings is 1. The highest BCUT2D eigenvalue weighted by Gasteiger charge is 2.27. The second kappa shape index (κ2) is 5.29. The molecule has 0 atom stereocenters. The van der Waals surface area contributed by atoms with Crippen molar-refractivity contribution < 1.29 is 14.7 Å². The van der Waals surface area contributed by atoms with Crippen molar-refractivity contribution in [1.29, 1.82) is 0 Å². The van der Waals surface area contributed by atoms with Gasteiger partial charge in [-0.05, 0) is 12.8 Å². The number of aliphatic carboxylic acids is 1. The number of rotatable bonds is 3. The van der Waals surface area contributed by atoms with Gasteiger partial charge in [0.2, 0.25) is 5.91 Å².